The standard InChI is InChI=1S/C23H18N6O2S/c1-23(18-10-15(12-32-18)20-16(11-24)26-6-7-27-20)19(21(30)29(2)22(25)28-23)14-3-4-17-13(9-14)5-8-31-17/h3-10,12,19H,1-2H3,(H2,25,28)/t19?,23-/m1/s1. The van der Waals surface area contributed by atoms with Gasteiger partial charge in [0.1, 0.15) is 22.9 Å². The summed E-state index contributed by atoms with van der Waals surface area (Å²) < 4.78 is 5.46. The highest BCUT2D eigenvalue weighted by molar-refractivity contribution is 7.10. The molecular formula is C23H18N6O2S. The Bertz CT molecular complexity index is 1430. The number of guanidine groups is 1. The Morgan fingerprint density at radius 1 is 1.25 bits per heavy atom. The number of hydrogen-bond acceptors (Lipinski definition) is 8. The van der Waals surface area contributed by atoms with E-state index in [0.717, 1.165) is 27.0 Å². The van der Waals surface area contributed by atoms with Crippen LogP contribution in [0.5, 0.6) is 0 Å². The van der Waals surface area contributed by atoms with Gasteiger partial charge in [-0.3, -0.25) is 14.7 Å². The van der Waals surface area contributed by atoms with Crippen molar-refractivity contribution < 1.29 is 9.21 Å². The molecule has 9 heteroatoms. The molecule has 0 fully saturated rings. The van der Waals surface area contributed by atoms with E-state index in [2.05, 4.69) is 16.0 Å². The monoisotopic (exact) mass is 442 g/mol. The second-order valence-corrected chi connectivity index (χ2v) is 8.64. The van der Waals surface area contributed by atoms with E-state index in [9.17, 15) is 10.1 Å². The van der Waals surface area contributed by atoms with Crippen LogP contribution in [0.1, 0.15) is 29.0 Å². The molecule has 2 atom stereocenters. The molecule has 4 aromatic rings. The lowest BCUT2D eigenvalue weighted by molar-refractivity contribution is -0.130. The average Bonchev–Trinajstić information content (AvgIpc) is 3.47. The second-order valence-electron chi connectivity index (χ2n) is 7.73. The number of carbonyl (C=O) groups is 1. The molecule has 0 bridgehead atoms. The number of nitrogens with zero attached hydrogens (tertiary/aromatic N) is 5. The SMILES string of the molecule is CN1C(=O)C(c2ccc3occc3c2)[C@@](C)(c2cc(-c3nccnc3C#N)cs2)N=C1N. The van der Waals surface area contributed by atoms with Crippen LogP contribution in [0.15, 0.2) is 63.8 Å². The van der Waals surface area contributed by atoms with E-state index in [1.54, 1.807) is 19.5 Å². The lowest BCUT2D eigenvalue weighted by Crippen LogP contribution is -2.52. The Hall–Kier alpha value is -4.03. The molecular weight excluding hydrogens is 424 g/mol. The van der Waals surface area contributed by atoms with Crippen LogP contribution in [0.2, 0.25) is 0 Å². The molecule has 5 rings (SSSR count). The number of amides is 1. The second kappa shape index (κ2) is 7.28. The van der Waals surface area contributed by atoms with Crippen LogP contribution in [-0.4, -0.2) is 33.8 Å². The predicted molar refractivity (Wildman–Crippen MR) is 121 cm³/mol. The summed E-state index contributed by atoms with van der Waals surface area (Å²) in [5.74, 6) is -0.580. The molecule has 0 radical (unpaired) electrons. The largest absolute Gasteiger partial charge is 0.464 e. The summed E-state index contributed by atoms with van der Waals surface area (Å²) in [5.41, 5.74) is 8.25. The van der Waals surface area contributed by atoms with Gasteiger partial charge in [-0.25, -0.2) is 9.98 Å². The molecule has 158 valence electrons. The molecule has 3 aromatic heterocycles. The highest BCUT2D eigenvalue weighted by Crippen LogP contribution is 2.47. The first-order valence-electron chi connectivity index (χ1n) is 9.83. The van der Waals surface area contributed by atoms with Crippen LogP contribution in [0.25, 0.3) is 22.2 Å². The molecule has 1 aliphatic rings. The molecule has 0 saturated carbocycles. The molecule has 4 heterocycles. The van der Waals surface area contributed by atoms with E-state index in [1.807, 2.05) is 42.6 Å². The molecule has 1 unspecified atom stereocenters. The number of thiophene rings is 1. The first-order valence-corrected chi connectivity index (χ1v) is 10.7. The van der Waals surface area contributed by atoms with Gasteiger partial charge >= 0.3 is 0 Å². The minimum atomic E-state index is -0.941. The van der Waals surface area contributed by atoms with Crippen molar-refractivity contribution in [3.05, 3.63) is 70.5 Å². The van der Waals surface area contributed by atoms with Crippen LogP contribution >= 0.6 is 11.3 Å². The summed E-state index contributed by atoms with van der Waals surface area (Å²) in [5, 5.41) is 12.2. The van der Waals surface area contributed by atoms with Crippen molar-refractivity contribution in [2.24, 2.45) is 10.7 Å². The van der Waals surface area contributed by atoms with Crippen LogP contribution in [-0.2, 0) is 10.3 Å². The topological polar surface area (TPSA) is 121 Å². The summed E-state index contributed by atoms with van der Waals surface area (Å²) >= 11 is 1.45. The molecule has 8 nitrogen and oxygen atoms in total. The molecule has 0 spiro atoms. The van der Waals surface area contributed by atoms with Crippen molar-refractivity contribution in [1.29, 1.82) is 5.26 Å². The fourth-order valence-corrected chi connectivity index (χ4v) is 5.14. The first kappa shape index (κ1) is 19.9. The number of benzene rings is 1. The number of aliphatic imine (C=N–C) groups is 1. The minimum Gasteiger partial charge on any atom is -0.464 e. The Morgan fingerprint density at radius 3 is 2.88 bits per heavy atom. The summed E-state index contributed by atoms with van der Waals surface area (Å²) in [4.78, 5) is 28.9. The minimum absolute atomic E-state index is 0.144. The number of nitriles is 1. The molecule has 0 saturated heterocycles. The smallest absolute Gasteiger partial charge is 0.239 e. The van der Waals surface area contributed by atoms with Gasteiger partial charge in [0.2, 0.25) is 5.91 Å². The zero-order valence-electron chi connectivity index (χ0n) is 17.3. The van der Waals surface area contributed by atoms with Gasteiger partial charge in [0, 0.05) is 40.6 Å². The first-order chi connectivity index (χ1) is 15.4. The van der Waals surface area contributed by atoms with Crippen LogP contribution in [0.3, 0.4) is 0 Å². The van der Waals surface area contributed by atoms with Crippen molar-refractivity contribution in [3.8, 4) is 17.3 Å². The zero-order chi connectivity index (χ0) is 22.5. The molecule has 1 amide bonds. The van der Waals surface area contributed by atoms with E-state index in [0.29, 0.717) is 5.69 Å². The van der Waals surface area contributed by atoms with Crippen LogP contribution < -0.4 is 5.73 Å². The van der Waals surface area contributed by atoms with Gasteiger partial charge in [-0.15, -0.1) is 11.3 Å². The lowest BCUT2D eigenvalue weighted by atomic mass is 9.77. The lowest BCUT2D eigenvalue weighted by Gasteiger charge is -2.40. The van der Waals surface area contributed by atoms with E-state index in [-0.39, 0.29) is 17.6 Å². The Morgan fingerprint density at radius 2 is 2.06 bits per heavy atom. The highest BCUT2D eigenvalue weighted by Gasteiger charge is 2.48. The van der Waals surface area contributed by atoms with Gasteiger partial charge in [0.25, 0.3) is 0 Å². The Kier molecular flexibility index (Phi) is 4.53. The number of nitrogens with two attached hydrogens (primary N) is 1. The predicted octanol–water partition coefficient (Wildman–Crippen LogP) is 3.61. The summed E-state index contributed by atoms with van der Waals surface area (Å²) in [7, 11) is 1.63. The molecule has 1 aliphatic heterocycles. The van der Waals surface area contributed by atoms with Crippen molar-refractivity contribution in [3.63, 3.8) is 0 Å². The number of carbonyl (C=O) groups excluding carboxylic acids is 1. The van der Waals surface area contributed by atoms with Gasteiger partial charge in [0.05, 0.1) is 12.2 Å². The van der Waals surface area contributed by atoms with Gasteiger partial charge in [-0.05, 0) is 36.8 Å². The quantitative estimate of drug-likeness (QED) is 0.517. The Balaban J connectivity index is 1.67. The summed E-state index contributed by atoms with van der Waals surface area (Å²) in [6.45, 7) is 1.91. The normalized spacial score (nSPS) is 20.9. The third kappa shape index (κ3) is 2.96. The van der Waals surface area contributed by atoms with E-state index in [1.165, 1.54) is 22.4 Å². The van der Waals surface area contributed by atoms with E-state index < -0.39 is 11.5 Å². The maximum Gasteiger partial charge on any atom is 0.239 e. The van der Waals surface area contributed by atoms with Crippen molar-refractivity contribution in [2.45, 2.75) is 18.4 Å². The van der Waals surface area contributed by atoms with E-state index >= 15 is 0 Å². The molecule has 2 N–H and O–H groups in total. The van der Waals surface area contributed by atoms with E-state index in [4.69, 9.17) is 15.1 Å². The number of aromatic nitrogens is 2. The van der Waals surface area contributed by atoms with Crippen LogP contribution in [0, 0.1) is 11.3 Å². The third-order valence-electron chi connectivity index (χ3n) is 5.82. The fourth-order valence-electron chi connectivity index (χ4n) is 4.11. The number of rotatable bonds is 3. The maximum absolute atomic E-state index is 13.5. The van der Waals surface area contributed by atoms with Crippen molar-refractivity contribution in [1.82, 2.24) is 14.9 Å². The van der Waals surface area contributed by atoms with Gasteiger partial charge in [0.15, 0.2) is 11.7 Å². The van der Waals surface area contributed by atoms with Crippen LogP contribution in [0.4, 0.5) is 0 Å². The third-order valence-corrected chi connectivity index (χ3v) is 6.97. The number of furan rings is 1. The number of fused-ring (bicyclic) bond motifs is 1. The van der Waals surface area contributed by atoms with Gasteiger partial charge < -0.3 is 10.2 Å². The molecule has 0 aliphatic carbocycles. The highest BCUT2D eigenvalue weighted by atomic mass is 32.1. The maximum atomic E-state index is 13.5. The van der Waals surface area contributed by atoms with Crippen molar-refractivity contribution in [2.75, 3.05) is 7.05 Å². The number of likely N-dealkylation sites (N-methyl/N-ethyl adjacent to an activating group) is 1. The summed E-state index contributed by atoms with van der Waals surface area (Å²) in [6, 6.07) is 11.6. The fraction of sp³-hybridized carbons (Fsp3) is 0.174. The van der Waals surface area contributed by atoms with Gasteiger partial charge in [-0.2, -0.15) is 5.26 Å². The number of hydrogen-bond donors (Lipinski definition) is 1. The Labute approximate surface area is 187 Å². The molecule has 1 aromatic carbocycles. The van der Waals surface area contributed by atoms with Gasteiger partial charge in [-0.1, -0.05) is 6.07 Å². The average molecular weight is 443 g/mol. The molecule has 32 heavy (non-hydrogen) atoms. The summed E-state index contributed by atoms with van der Waals surface area (Å²) in [6.07, 6.45) is 4.66. The van der Waals surface area contributed by atoms with Crippen molar-refractivity contribution >= 4 is 34.2 Å². The zero-order valence-corrected chi connectivity index (χ0v) is 18.1.